The smallest absolute Gasteiger partial charge is 0.407 e. The van der Waals surface area contributed by atoms with E-state index in [9.17, 15) is 9.18 Å². The lowest BCUT2D eigenvalue weighted by atomic mass is 9.99. The number of carboxylic acid groups (broad SMARTS) is 1. The summed E-state index contributed by atoms with van der Waals surface area (Å²) in [6, 6.07) is 6.29. The SMILES string of the molecule is O=C(O)N1CC[C@@H](c2ccc(F)cc2)C1. The molecule has 0 bridgehead atoms. The van der Waals surface area contributed by atoms with Crippen LogP contribution in [0.15, 0.2) is 24.3 Å². The van der Waals surface area contributed by atoms with Gasteiger partial charge >= 0.3 is 6.09 Å². The molecule has 0 radical (unpaired) electrons. The number of rotatable bonds is 1. The zero-order chi connectivity index (χ0) is 10.8. The zero-order valence-corrected chi connectivity index (χ0v) is 8.19. The molecule has 1 aromatic carbocycles. The summed E-state index contributed by atoms with van der Waals surface area (Å²) < 4.78 is 12.7. The van der Waals surface area contributed by atoms with Crippen LogP contribution in [-0.2, 0) is 0 Å². The predicted octanol–water partition coefficient (Wildman–Crippen LogP) is 2.29. The lowest BCUT2D eigenvalue weighted by Crippen LogP contribution is -2.26. The molecule has 0 aromatic heterocycles. The lowest BCUT2D eigenvalue weighted by Gasteiger charge is -2.12. The van der Waals surface area contributed by atoms with E-state index in [0.717, 1.165) is 12.0 Å². The van der Waals surface area contributed by atoms with E-state index in [4.69, 9.17) is 5.11 Å². The minimum absolute atomic E-state index is 0.210. The van der Waals surface area contributed by atoms with Gasteiger partial charge in [0.25, 0.3) is 0 Å². The third kappa shape index (κ3) is 2.09. The molecule has 1 aliphatic heterocycles. The maximum atomic E-state index is 12.7. The number of hydrogen-bond donors (Lipinski definition) is 1. The number of amides is 1. The molecule has 1 amide bonds. The molecule has 1 atom stereocenters. The summed E-state index contributed by atoms with van der Waals surface area (Å²) in [5.74, 6) is -0.0477. The van der Waals surface area contributed by atoms with Crippen LogP contribution in [-0.4, -0.2) is 29.2 Å². The molecule has 0 aliphatic carbocycles. The summed E-state index contributed by atoms with van der Waals surface area (Å²) in [5.41, 5.74) is 1.01. The Morgan fingerprint density at radius 1 is 1.40 bits per heavy atom. The highest BCUT2D eigenvalue weighted by Crippen LogP contribution is 2.27. The molecule has 1 fully saturated rings. The largest absolute Gasteiger partial charge is 0.465 e. The lowest BCUT2D eigenvalue weighted by molar-refractivity contribution is 0.155. The number of carbonyl (C=O) groups is 1. The van der Waals surface area contributed by atoms with Crippen LogP contribution in [0.3, 0.4) is 0 Å². The van der Waals surface area contributed by atoms with Crippen molar-refractivity contribution in [2.45, 2.75) is 12.3 Å². The van der Waals surface area contributed by atoms with Crippen LogP contribution < -0.4 is 0 Å². The van der Waals surface area contributed by atoms with Gasteiger partial charge in [0, 0.05) is 19.0 Å². The summed E-state index contributed by atoms with van der Waals surface area (Å²) in [5, 5.41) is 8.79. The van der Waals surface area contributed by atoms with Crippen LogP contribution in [0.2, 0.25) is 0 Å². The van der Waals surface area contributed by atoms with Crippen LogP contribution in [0.25, 0.3) is 0 Å². The van der Waals surface area contributed by atoms with Gasteiger partial charge in [-0.1, -0.05) is 12.1 Å². The van der Waals surface area contributed by atoms with Crippen molar-refractivity contribution in [2.75, 3.05) is 13.1 Å². The first-order valence-corrected chi connectivity index (χ1v) is 4.90. The topological polar surface area (TPSA) is 40.5 Å². The quantitative estimate of drug-likeness (QED) is 0.770. The van der Waals surface area contributed by atoms with E-state index in [1.165, 1.54) is 17.0 Å². The fourth-order valence-corrected chi connectivity index (χ4v) is 1.94. The van der Waals surface area contributed by atoms with E-state index in [1.807, 2.05) is 0 Å². The Balaban J connectivity index is 2.07. The molecule has 0 unspecified atom stereocenters. The van der Waals surface area contributed by atoms with Gasteiger partial charge in [0.1, 0.15) is 5.82 Å². The summed E-state index contributed by atoms with van der Waals surface area (Å²) >= 11 is 0. The Hall–Kier alpha value is -1.58. The van der Waals surface area contributed by atoms with Crippen molar-refractivity contribution < 1.29 is 14.3 Å². The second-order valence-electron chi connectivity index (χ2n) is 3.77. The van der Waals surface area contributed by atoms with Gasteiger partial charge in [0.2, 0.25) is 0 Å². The Bertz CT molecular complexity index is 363. The molecule has 3 nitrogen and oxygen atoms in total. The number of benzene rings is 1. The Kier molecular flexibility index (Phi) is 2.58. The molecule has 80 valence electrons. The third-order valence-electron chi connectivity index (χ3n) is 2.80. The van der Waals surface area contributed by atoms with E-state index in [1.54, 1.807) is 12.1 Å². The normalized spacial score (nSPS) is 20.6. The van der Waals surface area contributed by atoms with Crippen molar-refractivity contribution in [3.05, 3.63) is 35.6 Å². The fraction of sp³-hybridized carbons (Fsp3) is 0.364. The number of nitrogens with zero attached hydrogens (tertiary/aromatic N) is 1. The first-order chi connectivity index (χ1) is 7.16. The monoisotopic (exact) mass is 209 g/mol. The van der Waals surface area contributed by atoms with E-state index in [0.29, 0.717) is 13.1 Å². The summed E-state index contributed by atoms with van der Waals surface area (Å²) in [7, 11) is 0. The number of hydrogen-bond acceptors (Lipinski definition) is 1. The van der Waals surface area contributed by atoms with Gasteiger partial charge in [-0.05, 0) is 24.1 Å². The molecule has 1 aromatic rings. The van der Waals surface area contributed by atoms with Crippen LogP contribution in [0, 0.1) is 5.82 Å². The van der Waals surface area contributed by atoms with Crippen molar-refractivity contribution >= 4 is 6.09 Å². The first kappa shape index (κ1) is 9.96. The maximum absolute atomic E-state index is 12.7. The van der Waals surface area contributed by atoms with Crippen LogP contribution in [0.1, 0.15) is 17.9 Å². The van der Waals surface area contributed by atoms with Gasteiger partial charge in [0.05, 0.1) is 0 Å². The van der Waals surface area contributed by atoms with Crippen LogP contribution >= 0.6 is 0 Å². The van der Waals surface area contributed by atoms with E-state index in [-0.39, 0.29) is 11.7 Å². The highest BCUT2D eigenvalue weighted by molar-refractivity contribution is 5.65. The zero-order valence-electron chi connectivity index (χ0n) is 8.19. The van der Waals surface area contributed by atoms with E-state index >= 15 is 0 Å². The second kappa shape index (κ2) is 3.88. The van der Waals surface area contributed by atoms with Gasteiger partial charge in [-0.3, -0.25) is 0 Å². The minimum Gasteiger partial charge on any atom is -0.465 e. The summed E-state index contributed by atoms with van der Waals surface area (Å²) in [6.45, 7) is 1.08. The third-order valence-corrected chi connectivity index (χ3v) is 2.80. The van der Waals surface area contributed by atoms with Gasteiger partial charge in [-0.15, -0.1) is 0 Å². The highest BCUT2D eigenvalue weighted by Gasteiger charge is 2.26. The van der Waals surface area contributed by atoms with Crippen LogP contribution in [0.4, 0.5) is 9.18 Å². The molecule has 1 saturated heterocycles. The van der Waals surface area contributed by atoms with E-state index in [2.05, 4.69) is 0 Å². The fourth-order valence-electron chi connectivity index (χ4n) is 1.94. The van der Waals surface area contributed by atoms with Crippen molar-refractivity contribution in [1.29, 1.82) is 0 Å². The highest BCUT2D eigenvalue weighted by atomic mass is 19.1. The summed E-state index contributed by atoms with van der Waals surface area (Å²) in [6.07, 6.45) is -0.0580. The van der Waals surface area contributed by atoms with Gasteiger partial charge in [0.15, 0.2) is 0 Å². The van der Waals surface area contributed by atoms with Crippen molar-refractivity contribution in [3.8, 4) is 0 Å². The molecule has 0 spiro atoms. The standard InChI is InChI=1S/C11H12FNO2/c12-10-3-1-8(2-4-10)9-5-6-13(7-9)11(14)15/h1-4,9H,5-7H2,(H,14,15)/t9-/m1/s1. The van der Waals surface area contributed by atoms with E-state index < -0.39 is 6.09 Å². The van der Waals surface area contributed by atoms with Crippen molar-refractivity contribution in [1.82, 2.24) is 4.90 Å². The molecule has 0 saturated carbocycles. The molecule has 4 heteroatoms. The second-order valence-corrected chi connectivity index (χ2v) is 3.77. The van der Waals surface area contributed by atoms with Crippen LogP contribution in [0.5, 0.6) is 0 Å². The van der Waals surface area contributed by atoms with Crippen molar-refractivity contribution in [2.24, 2.45) is 0 Å². The van der Waals surface area contributed by atoms with Gasteiger partial charge in [-0.25, -0.2) is 9.18 Å². The minimum atomic E-state index is -0.875. The van der Waals surface area contributed by atoms with Crippen molar-refractivity contribution in [3.63, 3.8) is 0 Å². The number of likely N-dealkylation sites (tertiary alicyclic amines) is 1. The van der Waals surface area contributed by atoms with Gasteiger partial charge < -0.3 is 10.0 Å². The molecular weight excluding hydrogens is 197 g/mol. The maximum Gasteiger partial charge on any atom is 0.407 e. The Morgan fingerprint density at radius 2 is 2.07 bits per heavy atom. The predicted molar refractivity (Wildman–Crippen MR) is 53.4 cm³/mol. The Labute approximate surface area is 87.1 Å². The molecule has 1 aliphatic rings. The average molecular weight is 209 g/mol. The van der Waals surface area contributed by atoms with Gasteiger partial charge in [-0.2, -0.15) is 0 Å². The molecule has 2 rings (SSSR count). The first-order valence-electron chi connectivity index (χ1n) is 4.90. The molecule has 1 N–H and O–H groups in total. The Morgan fingerprint density at radius 3 is 2.60 bits per heavy atom. The molecule has 15 heavy (non-hydrogen) atoms. The molecule has 1 heterocycles. The molecular formula is C11H12FNO2. The number of halogens is 1. The average Bonchev–Trinajstić information content (AvgIpc) is 2.68. The summed E-state index contributed by atoms with van der Waals surface area (Å²) in [4.78, 5) is 12.1.